The number of thiocarbonyl (C=S) groups is 1. The van der Waals surface area contributed by atoms with Crippen LogP contribution in [0.4, 0.5) is 5.82 Å². The first-order valence-electron chi connectivity index (χ1n) is 10.3. The van der Waals surface area contributed by atoms with Crippen molar-refractivity contribution in [3.05, 3.63) is 45.2 Å². The van der Waals surface area contributed by atoms with Crippen LogP contribution in [0.2, 0.25) is 0 Å². The molecule has 0 radical (unpaired) electrons. The highest BCUT2D eigenvalue weighted by Gasteiger charge is 2.35. The molecule has 0 aliphatic carbocycles. The van der Waals surface area contributed by atoms with Crippen molar-refractivity contribution < 1.29 is 4.79 Å². The quantitative estimate of drug-likeness (QED) is 0.533. The number of hydrogen-bond donors (Lipinski definition) is 0. The number of amides is 1. The molecule has 0 bridgehead atoms. The Labute approximate surface area is 186 Å². The highest BCUT2D eigenvalue weighted by atomic mass is 32.2. The summed E-state index contributed by atoms with van der Waals surface area (Å²) in [7, 11) is 0. The molecule has 2 aliphatic heterocycles. The summed E-state index contributed by atoms with van der Waals surface area (Å²) in [6.45, 7) is 10.00. The number of piperidine rings is 1. The number of fused-ring (bicyclic) bond motifs is 1. The van der Waals surface area contributed by atoms with Gasteiger partial charge in [0.1, 0.15) is 15.8 Å². The van der Waals surface area contributed by atoms with Crippen molar-refractivity contribution >= 4 is 51.7 Å². The van der Waals surface area contributed by atoms with Crippen molar-refractivity contribution in [2.45, 2.75) is 40.2 Å². The number of pyridine rings is 1. The molecule has 0 spiro atoms. The lowest BCUT2D eigenvalue weighted by Crippen LogP contribution is -2.40. The summed E-state index contributed by atoms with van der Waals surface area (Å²) in [5.74, 6) is 1.52. The lowest BCUT2D eigenvalue weighted by atomic mass is 9.91. The van der Waals surface area contributed by atoms with E-state index in [1.54, 1.807) is 17.2 Å². The van der Waals surface area contributed by atoms with Crippen molar-refractivity contribution in [1.82, 2.24) is 14.3 Å². The number of aromatic nitrogens is 2. The van der Waals surface area contributed by atoms with Gasteiger partial charge in [0.05, 0.1) is 10.5 Å². The zero-order valence-electron chi connectivity index (χ0n) is 17.7. The second-order valence-electron chi connectivity index (χ2n) is 8.58. The van der Waals surface area contributed by atoms with Crippen LogP contribution >= 0.6 is 24.0 Å². The standard InChI is InChI=1S/C22H26N4O2S2/c1-13(2)26-21(28)17(30-22(26)29)10-16-19(24-11-14(3)9-15(4)12-24)23-18-7-5-6-8-25(18)20(16)27/h5-8,10,13-15H,9,11-12H2,1-4H3/b17-10-/t14-,15-/m1/s1. The minimum atomic E-state index is -0.170. The minimum Gasteiger partial charge on any atom is -0.355 e. The van der Waals surface area contributed by atoms with Crippen molar-refractivity contribution in [3.63, 3.8) is 0 Å². The average molecular weight is 443 g/mol. The number of nitrogens with zero attached hydrogens (tertiary/aromatic N) is 4. The van der Waals surface area contributed by atoms with Gasteiger partial charge in [-0.3, -0.25) is 18.9 Å². The Hall–Kier alpha value is -2.19. The van der Waals surface area contributed by atoms with Crippen LogP contribution in [-0.4, -0.2) is 43.6 Å². The maximum absolute atomic E-state index is 13.4. The first kappa shape index (κ1) is 21.1. The Balaban J connectivity index is 1.88. The van der Waals surface area contributed by atoms with Crippen LogP contribution in [0, 0.1) is 11.8 Å². The second-order valence-corrected chi connectivity index (χ2v) is 10.3. The van der Waals surface area contributed by atoms with E-state index in [0.29, 0.717) is 38.1 Å². The molecule has 2 saturated heterocycles. The molecule has 2 aliphatic rings. The normalized spacial score (nSPS) is 24.0. The van der Waals surface area contributed by atoms with Crippen LogP contribution in [0.15, 0.2) is 34.1 Å². The van der Waals surface area contributed by atoms with E-state index >= 15 is 0 Å². The van der Waals surface area contributed by atoms with Gasteiger partial charge in [0.25, 0.3) is 11.5 Å². The lowest BCUT2D eigenvalue weighted by molar-refractivity contribution is -0.123. The van der Waals surface area contributed by atoms with Crippen LogP contribution in [0.25, 0.3) is 11.7 Å². The molecule has 2 atom stereocenters. The molecule has 4 heterocycles. The van der Waals surface area contributed by atoms with Crippen molar-refractivity contribution in [2.24, 2.45) is 11.8 Å². The van der Waals surface area contributed by atoms with Gasteiger partial charge in [-0.25, -0.2) is 4.98 Å². The first-order chi connectivity index (χ1) is 14.3. The number of rotatable bonds is 3. The van der Waals surface area contributed by atoms with E-state index in [9.17, 15) is 9.59 Å². The van der Waals surface area contributed by atoms with Crippen LogP contribution in [0.1, 0.15) is 39.7 Å². The van der Waals surface area contributed by atoms with E-state index in [1.807, 2.05) is 32.0 Å². The Morgan fingerprint density at radius 1 is 1.20 bits per heavy atom. The fraction of sp³-hybridized carbons (Fsp3) is 0.455. The predicted octanol–water partition coefficient (Wildman–Crippen LogP) is 3.79. The van der Waals surface area contributed by atoms with Crippen LogP contribution in [0.5, 0.6) is 0 Å². The zero-order valence-corrected chi connectivity index (χ0v) is 19.3. The summed E-state index contributed by atoms with van der Waals surface area (Å²) in [4.78, 5) is 35.5. The number of carbonyl (C=O) groups is 1. The zero-order chi connectivity index (χ0) is 21.6. The third-order valence-corrected chi connectivity index (χ3v) is 6.86. The summed E-state index contributed by atoms with van der Waals surface area (Å²) < 4.78 is 2.06. The van der Waals surface area contributed by atoms with Gasteiger partial charge in [-0.2, -0.15) is 0 Å². The number of carbonyl (C=O) groups excluding carboxylic acids is 1. The van der Waals surface area contributed by atoms with Gasteiger partial charge in [-0.05, 0) is 50.3 Å². The highest BCUT2D eigenvalue weighted by Crippen LogP contribution is 2.35. The number of hydrogen-bond acceptors (Lipinski definition) is 6. The molecule has 2 fully saturated rings. The Kier molecular flexibility index (Phi) is 5.72. The van der Waals surface area contributed by atoms with Crippen LogP contribution < -0.4 is 10.5 Å². The molecule has 0 saturated carbocycles. The fourth-order valence-corrected chi connectivity index (χ4v) is 5.86. The molecule has 1 amide bonds. The largest absolute Gasteiger partial charge is 0.355 e. The number of thioether (sulfide) groups is 1. The van der Waals surface area contributed by atoms with Crippen LogP contribution in [0.3, 0.4) is 0 Å². The molecule has 0 unspecified atom stereocenters. The molecule has 6 nitrogen and oxygen atoms in total. The second kappa shape index (κ2) is 8.15. The molecule has 2 aromatic heterocycles. The summed E-state index contributed by atoms with van der Waals surface area (Å²) in [6.07, 6.45) is 4.56. The van der Waals surface area contributed by atoms with Gasteiger partial charge in [-0.15, -0.1) is 0 Å². The summed E-state index contributed by atoms with van der Waals surface area (Å²) in [5, 5.41) is 0. The summed E-state index contributed by atoms with van der Waals surface area (Å²) in [5.41, 5.74) is 0.885. The SMILES string of the molecule is CC(C)N1C(=O)/C(=C/c2c(N3C[C@H](C)C[C@@H](C)C3)nc3ccccn3c2=O)SC1=S. The van der Waals surface area contributed by atoms with E-state index in [0.717, 1.165) is 19.5 Å². The molecule has 4 rings (SSSR count). The third-order valence-electron chi connectivity index (χ3n) is 5.53. The van der Waals surface area contributed by atoms with E-state index in [2.05, 4.69) is 18.7 Å². The minimum absolute atomic E-state index is 0.0255. The molecule has 158 valence electrons. The summed E-state index contributed by atoms with van der Waals surface area (Å²) in [6, 6.07) is 5.50. The molecule has 8 heteroatoms. The van der Waals surface area contributed by atoms with Gasteiger partial charge in [-0.1, -0.05) is 43.9 Å². The van der Waals surface area contributed by atoms with Gasteiger partial charge in [0, 0.05) is 25.3 Å². The fourth-order valence-electron chi connectivity index (χ4n) is 4.35. The Morgan fingerprint density at radius 2 is 1.90 bits per heavy atom. The van der Waals surface area contributed by atoms with Gasteiger partial charge in [0.2, 0.25) is 0 Å². The molecule has 2 aromatic rings. The van der Waals surface area contributed by atoms with Crippen molar-refractivity contribution in [1.29, 1.82) is 0 Å². The van der Waals surface area contributed by atoms with Crippen LogP contribution in [-0.2, 0) is 4.79 Å². The topological polar surface area (TPSA) is 57.9 Å². The van der Waals surface area contributed by atoms with Gasteiger partial charge >= 0.3 is 0 Å². The maximum Gasteiger partial charge on any atom is 0.267 e. The van der Waals surface area contributed by atoms with Crippen molar-refractivity contribution in [2.75, 3.05) is 18.0 Å². The summed E-state index contributed by atoms with van der Waals surface area (Å²) >= 11 is 6.65. The first-order valence-corrected chi connectivity index (χ1v) is 11.5. The molecular weight excluding hydrogens is 416 g/mol. The van der Waals surface area contributed by atoms with E-state index in [4.69, 9.17) is 17.2 Å². The molecule has 0 aromatic carbocycles. The molecule has 0 N–H and O–H groups in total. The van der Waals surface area contributed by atoms with Crippen molar-refractivity contribution in [3.8, 4) is 0 Å². The maximum atomic E-state index is 13.4. The van der Waals surface area contributed by atoms with E-state index < -0.39 is 0 Å². The monoisotopic (exact) mass is 442 g/mol. The van der Waals surface area contributed by atoms with Gasteiger partial charge in [0.15, 0.2) is 0 Å². The smallest absolute Gasteiger partial charge is 0.267 e. The third kappa shape index (κ3) is 3.78. The average Bonchev–Trinajstić information content (AvgIpc) is 2.96. The molecule has 30 heavy (non-hydrogen) atoms. The molecular formula is C22H26N4O2S2. The van der Waals surface area contributed by atoms with E-state index in [-0.39, 0.29) is 17.5 Å². The Bertz CT molecular complexity index is 1100. The lowest BCUT2D eigenvalue weighted by Gasteiger charge is -2.36. The Morgan fingerprint density at radius 3 is 2.53 bits per heavy atom. The highest BCUT2D eigenvalue weighted by molar-refractivity contribution is 8.26. The predicted molar refractivity (Wildman–Crippen MR) is 127 cm³/mol. The van der Waals surface area contributed by atoms with E-state index in [1.165, 1.54) is 16.2 Å². The number of anilines is 1. The van der Waals surface area contributed by atoms with Gasteiger partial charge < -0.3 is 4.90 Å².